The molecule has 0 amide bonds. The molecule has 0 saturated carbocycles. The van der Waals surface area contributed by atoms with Gasteiger partial charge in [0.1, 0.15) is 0 Å². The van der Waals surface area contributed by atoms with Gasteiger partial charge < -0.3 is 10.2 Å². The van der Waals surface area contributed by atoms with Crippen molar-refractivity contribution in [2.45, 2.75) is 25.0 Å². The number of aliphatic hydroxyl groups is 2. The van der Waals surface area contributed by atoms with Crippen molar-refractivity contribution in [3.8, 4) is 12.3 Å². The smallest absolute Gasteiger partial charge is 0.0757 e. The van der Waals surface area contributed by atoms with Gasteiger partial charge in [-0.25, -0.2) is 0 Å². The predicted octanol–water partition coefficient (Wildman–Crippen LogP) is 0.0616. The van der Waals surface area contributed by atoms with E-state index in [2.05, 4.69) is 5.92 Å². The van der Waals surface area contributed by atoms with E-state index in [4.69, 9.17) is 16.6 Å². The molecule has 2 atom stereocenters. The van der Waals surface area contributed by atoms with Gasteiger partial charge in [-0.15, -0.1) is 6.42 Å². The first-order chi connectivity index (χ1) is 4.72. The van der Waals surface area contributed by atoms with Gasteiger partial charge in [0.2, 0.25) is 0 Å². The summed E-state index contributed by atoms with van der Waals surface area (Å²) in [6.45, 7) is 0. The van der Waals surface area contributed by atoms with Gasteiger partial charge in [-0.05, 0) is 6.08 Å². The van der Waals surface area contributed by atoms with Crippen LogP contribution < -0.4 is 0 Å². The van der Waals surface area contributed by atoms with Crippen LogP contribution in [0.4, 0.5) is 0 Å². The molecule has 2 heteroatoms. The van der Waals surface area contributed by atoms with Gasteiger partial charge >= 0.3 is 0 Å². The van der Waals surface area contributed by atoms with E-state index >= 15 is 0 Å². The Morgan fingerprint density at radius 1 is 1.60 bits per heavy atom. The maximum absolute atomic E-state index is 9.08. The predicted molar refractivity (Wildman–Crippen MR) is 38.2 cm³/mol. The second kappa shape index (κ2) is 2.87. The Balaban J connectivity index is 2.68. The SMILES string of the molecule is C#CC1=C[C@@H](O)C[C@H](O)C1. The summed E-state index contributed by atoms with van der Waals surface area (Å²) in [6.07, 6.45) is 6.59. The van der Waals surface area contributed by atoms with Crippen molar-refractivity contribution in [1.29, 1.82) is 0 Å². The lowest BCUT2D eigenvalue weighted by Crippen LogP contribution is -2.21. The van der Waals surface area contributed by atoms with Crippen molar-refractivity contribution in [3.05, 3.63) is 11.6 Å². The molecular formula is C8H10O2. The normalized spacial score (nSPS) is 32.7. The largest absolute Gasteiger partial charge is 0.393 e. The van der Waals surface area contributed by atoms with Crippen LogP contribution in [0.3, 0.4) is 0 Å². The maximum Gasteiger partial charge on any atom is 0.0757 e. The Bertz CT molecular complexity index is 188. The quantitative estimate of drug-likeness (QED) is 0.465. The van der Waals surface area contributed by atoms with E-state index in [0.29, 0.717) is 18.4 Å². The zero-order valence-electron chi connectivity index (χ0n) is 5.62. The van der Waals surface area contributed by atoms with Gasteiger partial charge in [-0.1, -0.05) is 5.92 Å². The van der Waals surface area contributed by atoms with Gasteiger partial charge in [0.25, 0.3) is 0 Å². The fourth-order valence-electron chi connectivity index (χ4n) is 1.09. The molecule has 0 aliphatic heterocycles. The van der Waals surface area contributed by atoms with Crippen LogP contribution in [-0.4, -0.2) is 22.4 Å². The van der Waals surface area contributed by atoms with E-state index in [0.717, 1.165) is 0 Å². The molecule has 0 aromatic carbocycles. The third kappa shape index (κ3) is 1.60. The van der Waals surface area contributed by atoms with Crippen LogP contribution in [0.25, 0.3) is 0 Å². The molecule has 10 heavy (non-hydrogen) atoms. The molecule has 2 nitrogen and oxygen atoms in total. The monoisotopic (exact) mass is 138 g/mol. The van der Waals surface area contributed by atoms with Crippen LogP contribution in [0.2, 0.25) is 0 Å². The minimum absolute atomic E-state index is 0.408. The summed E-state index contributed by atoms with van der Waals surface area (Å²) >= 11 is 0. The molecule has 1 aliphatic rings. The van der Waals surface area contributed by atoms with Gasteiger partial charge in [0, 0.05) is 18.4 Å². The molecule has 0 unspecified atom stereocenters. The van der Waals surface area contributed by atoms with Crippen molar-refractivity contribution in [1.82, 2.24) is 0 Å². The summed E-state index contributed by atoms with van der Waals surface area (Å²) in [4.78, 5) is 0. The average molecular weight is 138 g/mol. The van der Waals surface area contributed by atoms with E-state index in [-0.39, 0.29) is 0 Å². The minimum atomic E-state index is -0.560. The van der Waals surface area contributed by atoms with Crippen LogP contribution in [0.1, 0.15) is 12.8 Å². The lowest BCUT2D eigenvalue weighted by atomic mass is 9.95. The fourth-order valence-corrected chi connectivity index (χ4v) is 1.09. The van der Waals surface area contributed by atoms with Crippen molar-refractivity contribution >= 4 is 0 Å². The minimum Gasteiger partial charge on any atom is -0.393 e. The Hall–Kier alpha value is -0.780. The fraction of sp³-hybridized carbons (Fsp3) is 0.500. The standard InChI is InChI=1S/C8H10O2/c1-2-6-3-7(9)5-8(10)4-6/h1,3,7-10H,4-5H2/t7-,8-/m1/s1. The van der Waals surface area contributed by atoms with Crippen molar-refractivity contribution in [3.63, 3.8) is 0 Å². The second-order valence-corrected chi connectivity index (χ2v) is 2.50. The number of hydrogen-bond donors (Lipinski definition) is 2. The second-order valence-electron chi connectivity index (χ2n) is 2.50. The summed E-state index contributed by atoms with van der Waals surface area (Å²) in [5.74, 6) is 2.41. The van der Waals surface area contributed by atoms with Crippen LogP contribution in [-0.2, 0) is 0 Å². The van der Waals surface area contributed by atoms with Crippen LogP contribution in [0.5, 0.6) is 0 Å². The van der Waals surface area contributed by atoms with Crippen LogP contribution in [0, 0.1) is 12.3 Å². The van der Waals surface area contributed by atoms with Crippen molar-refractivity contribution in [2.75, 3.05) is 0 Å². The molecular weight excluding hydrogens is 128 g/mol. The Morgan fingerprint density at radius 3 is 2.80 bits per heavy atom. The molecule has 0 heterocycles. The lowest BCUT2D eigenvalue weighted by molar-refractivity contribution is 0.0953. The summed E-state index contributed by atoms with van der Waals surface area (Å²) in [6, 6.07) is 0. The third-order valence-corrected chi connectivity index (χ3v) is 1.55. The first kappa shape index (κ1) is 7.33. The highest BCUT2D eigenvalue weighted by Crippen LogP contribution is 2.17. The number of hydrogen-bond acceptors (Lipinski definition) is 2. The van der Waals surface area contributed by atoms with Gasteiger partial charge in [-0.2, -0.15) is 0 Å². The molecule has 54 valence electrons. The molecule has 0 aromatic rings. The van der Waals surface area contributed by atoms with Crippen molar-refractivity contribution in [2.24, 2.45) is 0 Å². The lowest BCUT2D eigenvalue weighted by Gasteiger charge is -2.18. The van der Waals surface area contributed by atoms with Crippen molar-refractivity contribution < 1.29 is 10.2 Å². The molecule has 0 radical (unpaired) electrons. The first-order valence-corrected chi connectivity index (χ1v) is 3.26. The molecule has 2 N–H and O–H groups in total. The van der Waals surface area contributed by atoms with E-state index < -0.39 is 12.2 Å². The van der Waals surface area contributed by atoms with Gasteiger partial charge in [0.05, 0.1) is 12.2 Å². The molecule has 0 saturated heterocycles. The highest BCUT2D eigenvalue weighted by atomic mass is 16.3. The molecule has 0 spiro atoms. The third-order valence-electron chi connectivity index (χ3n) is 1.55. The van der Waals surface area contributed by atoms with Crippen LogP contribution >= 0.6 is 0 Å². The molecule has 1 rings (SSSR count). The van der Waals surface area contributed by atoms with Gasteiger partial charge in [0.15, 0.2) is 0 Å². The summed E-state index contributed by atoms with van der Waals surface area (Å²) in [7, 11) is 0. The Labute approximate surface area is 60.2 Å². The number of terminal acetylenes is 1. The zero-order valence-corrected chi connectivity index (χ0v) is 5.62. The Morgan fingerprint density at radius 2 is 2.30 bits per heavy atom. The molecule has 1 aliphatic carbocycles. The van der Waals surface area contributed by atoms with Gasteiger partial charge in [-0.3, -0.25) is 0 Å². The maximum atomic E-state index is 9.08. The van der Waals surface area contributed by atoms with E-state index in [1.165, 1.54) is 0 Å². The summed E-state index contributed by atoms with van der Waals surface area (Å²) < 4.78 is 0. The topological polar surface area (TPSA) is 40.5 Å². The highest BCUT2D eigenvalue weighted by molar-refractivity contribution is 5.28. The summed E-state index contributed by atoms with van der Waals surface area (Å²) in [5, 5.41) is 18.1. The molecule has 0 aromatic heterocycles. The number of aliphatic hydroxyl groups excluding tert-OH is 2. The van der Waals surface area contributed by atoms with E-state index in [1.807, 2.05) is 0 Å². The van der Waals surface area contributed by atoms with Crippen LogP contribution in [0.15, 0.2) is 11.6 Å². The zero-order chi connectivity index (χ0) is 7.56. The first-order valence-electron chi connectivity index (χ1n) is 3.26. The Kier molecular flexibility index (Phi) is 2.10. The van der Waals surface area contributed by atoms with E-state index in [1.54, 1.807) is 6.08 Å². The molecule has 0 bridgehead atoms. The summed E-state index contributed by atoms with van der Waals surface area (Å²) in [5.41, 5.74) is 0.700. The van der Waals surface area contributed by atoms with E-state index in [9.17, 15) is 0 Å². The average Bonchev–Trinajstić information content (AvgIpc) is 1.85. The highest BCUT2D eigenvalue weighted by Gasteiger charge is 2.17. The number of rotatable bonds is 0. The molecule has 0 fully saturated rings.